The maximum atomic E-state index is 12.8. The minimum atomic E-state index is -0.286. The normalized spacial score (nSPS) is 24.9. The van der Waals surface area contributed by atoms with Gasteiger partial charge in [-0.3, -0.25) is 14.4 Å². The fourth-order valence-corrected chi connectivity index (χ4v) is 3.72. The van der Waals surface area contributed by atoms with Crippen LogP contribution < -0.4 is 5.56 Å². The Bertz CT molecular complexity index is 809. The SMILES string of the molecule is Cn1c(C(=O)N2C[C@@H]3C(C(=O)N4CCCC4)=NO[C@@H]3C2)cccc1=O. The highest BCUT2D eigenvalue weighted by atomic mass is 16.6. The largest absolute Gasteiger partial charge is 0.389 e. The fourth-order valence-electron chi connectivity index (χ4n) is 3.72. The van der Waals surface area contributed by atoms with Crippen molar-refractivity contribution >= 4 is 17.5 Å². The molecule has 4 rings (SSSR count). The summed E-state index contributed by atoms with van der Waals surface area (Å²) < 4.78 is 1.33. The van der Waals surface area contributed by atoms with Crippen molar-refractivity contribution in [1.29, 1.82) is 0 Å². The molecule has 0 aliphatic carbocycles. The highest BCUT2D eigenvalue weighted by molar-refractivity contribution is 6.40. The van der Waals surface area contributed by atoms with Gasteiger partial charge in [0.1, 0.15) is 5.69 Å². The Balaban J connectivity index is 1.50. The minimum Gasteiger partial charge on any atom is -0.389 e. The van der Waals surface area contributed by atoms with Crippen molar-refractivity contribution in [1.82, 2.24) is 14.4 Å². The number of aromatic nitrogens is 1. The van der Waals surface area contributed by atoms with E-state index in [0.717, 1.165) is 25.9 Å². The van der Waals surface area contributed by atoms with Crippen LogP contribution in [-0.4, -0.2) is 64.2 Å². The molecule has 0 bridgehead atoms. The molecule has 2 fully saturated rings. The van der Waals surface area contributed by atoms with Crippen molar-refractivity contribution in [2.45, 2.75) is 18.9 Å². The molecular weight excluding hydrogens is 324 g/mol. The zero-order valence-corrected chi connectivity index (χ0v) is 14.1. The zero-order chi connectivity index (χ0) is 17.6. The van der Waals surface area contributed by atoms with Gasteiger partial charge in [0.25, 0.3) is 17.4 Å². The Morgan fingerprint density at radius 3 is 2.64 bits per heavy atom. The van der Waals surface area contributed by atoms with Gasteiger partial charge in [-0.1, -0.05) is 11.2 Å². The lowest BCUT2D eigenvalue weighted by molar-refractivity contribution is -0.123. The van der Waals surface area contributed by atoms with Gasteiger partial charge in [-0.2, -0.15) is 0 Å². The van der Waals surface area contributed by atoms with Crippen LogP contribution in [0.1, 0.15) is 23.3 Å². The molecule has 8 nitrogen and oxygen atoms in total. The summed E-state index contributed by atoms with van der Waals surface area (Å²) in [7, 11) is 1.58. The molecule has 2 saturated heterocycles. The van der Waals surface area contributed by atoms with Crippen LogP contribution in [-0.2, 0) is 16.7 Å². The Morgan fingerprint density at radius 1 is 1.12 bits per heavy atom. The van der Waals surface area contributed by atoms with E-state index >= 15 is 0 Å². The first-order valence-corrected chi connectivity index (χ1v) is 8.54. The Hall–Kier alpha value is -2.64. The first-order chi connectivity index (χ1) is 12.1. The molecular formula is C17H20N4O4. The number of hydrogen-bond acceptors (Lipinski definition) is 5. The van der Waals surface area contributed by atoms with Gasteiger partial charge in [0.2, 0.25) is 0 Å². The van der Waals surface area contributed by atoms with Crippen LogP contribution in [0.4, 0.5) is 0 Å². The van der Waals surface area contributed by atoms with Gasteiger partial charge in [0.05, 0.1) is 12.5 Å². The molecule has 0 saturated carbocycles. The Morgan fingerprint density at radius 2 is 1.88 bits per heavy atom. The molecule has 0 unspecified atom stereocenters. The molecule has 132 valence electrons. The van der Waals surface area contributed by atoms with Crippen molar-refractivity contribution < 1.29 is 14.4 Å². The van der Waals surface area contributed by atoms with Gasteiger partial charge < -0.3 is 19.2 Å². The summed E-state index contributed by atoms with van der Waals surface area (Å²) in [4.78, 5) is 46.0. The standard InChI is InChI=1S/C17H20N4O4/c1-19-12(5-4-6-14(19)22)16(23)21-9-11-13(10-21)25-18-15(11)17(24)20-7-2-3-8-20/h4-6,11,13H,2-3,7-10H2,1H3/t11-,13+/m0/s1. The predicted molar refractivity (Wildman–Crippen MR) is 89.2 cm³/mol. The number of pyridine rings is 1. The third kappa shape index (κ3) is 2.61. The average Bonchev–Trinajstić information content (AvgIpc) is 3.32. The van der Waals surface area contributed by atoms with Gasteiger partial charge in [0, 0.05) is 32.7 Å². The second-order valence-electron chi connectivity index (χ2n) is 6.74. The maximum Gasteiger partial charge on any atom is 0.272 e. The number of nitrogens with zero attached hydrogens (tertiary/aromatic N) is 4. The van der Waals surface area contributed by atoms with Gasteiger partial charge >= 0.3 is 0 Å². The first kappa shape index (κ1) is 15.9. The van der Waals surface area contributed by atoms with Crippen LogP contribution in [0.2, 0.25) is 0 Å². The Labute approximate surface area is 144 Å². The van der Waals surface area contributed by atoms with Gasteiger partial charge in [-0.05, 0) is 18.9 Å². The predicted octanol–water partition coefficient (Wildman–Crippen LogP) is -0.165. The zero-order valence-electron chi connectivity index (χ0n) is 14.1. The van der Waals surface area contributed by atoms with Crippen molar-refractivity contribution in [3.8, 4) is 0 Å². The van der Waals surface area contributed by atoms with E-state index in [1.165, 1.54) is 10.6 Å². The van der Waals surface area contributed by atoms with E-state index in [4.69, 9.17) is 4.84 Å². The molecule has 1 aromatic heterocycles. The van der Waals surface area contributed by atoms with Gasteiger partial charge in [-0.25, -0.2) is 0 Å². The molecule has 0 aromatic carbocycles. The highest BCUT2D eigenvalue weighted by Crippen LogP contribution is 2.29. The average molecular weight is 344 g/mol. The number of oxime groups is 1. The van der Waals surface area contributed by atoms with Crippen LogP contribution in [0.25, 0.3) is 0 Å². The Kier molecular flexibility index (Phi) is 3.82. The second-order valence-corrected chi connectivity index (χ2v) is 6.74. The maximum absolute atomic E-state index is 12.8. The molecule has 3 aliphatic heterocycles. The second kappa shape index (κ2) is 6.02. The van der Waals surface area contributed by atoms with Crippen LogP contribution in [0.5, 0.6) is 0 Å². The molecule has 0 N–H and O–H groups in total. The summed E-state index contributed by atoms with van der Waals surface area (Å²) in [5.41, 5.74) is 0.522. The number of hydrogen-bond donors (Lipinski definition) is 0. The third-order valence-corrected chi connectivity index (χ3v) is 5.21. The summed E-state index contributed by atoms with van der Waals surface area (Å²) in [5, 5.41) is 4.00. The lowest BCUT2D eigenvalue weighted by atomic mass is 10.00. The lowest BCUT2D eigenvalue weighted by Gasteiger charge is -2.19. The monoisotopic (exact) mass is 344 g/mol. The highest BCUT2D eigenvalue weighted by Gasteiger charge is 2.47. The third-order valence-electron chi connectivity index (χ3n) is 5.21. The van der Waals surface area contributed by atoms with E-state index in [2.05, 4.69) is 5.16 Å². The molecule has 0 radical (unpaired) electrons. The van der Waals surface area contributed by atoms with E-state index in [9.17, 15) is 14.4 Å². The molecule has 1 aromatic rings. The summed E-state index contributed by atoms with van der Waals surface area (Å²) >= 11 is 0. The van der Waals surface area contributed by atoms with E-state index in [1.807, 2.05) is 0 Å². The van der Waals surface area contributed by atoms with Crippen molar-refractivity contribution in [2.24, 2.45) is 18.1 Å². The van der Waals surface area contributed by atoms with Crippen molar-refractivity contribution in [3.05, 3.63) is 34.2 Å². The summed E-state index contributed by atoms with van der Waals surface area (Å²) in [5.74, 6) is -0.504. The smallest absolute Gasteiger partial charge is 0.272 e. The quantitative estimate of drug-likeness (QED) is 0.746. The van der Waals surface area contributed by atoms with Gasteiger partial charge in [0.15, 0.2) is 11.8 Å². The van der Waals surface area contributed by atoms with Crippen molar-refractivity contribution in [2.75, 3.05) is 26.2 Å². The van der Waals surface area contributed by atoms with E-state index in [-0.39, 0.29) is 29.4 Å². The molecule has 4 heterocycles. The summed E-state index contributed by atoms with van der Waals surface area (Å²) in [6, 6.07) is 4.62. The number of amides is 2. The van der Waals surface area contributed by atoms with E-state index in [1.54, 1.807) is 29.0 Å². The molecule has 25 heavy (non-hydrogen) atoms. The van der Waals surface area contributed by atoms with Crippen molar-refractivity contribution in [3.63, 3.8) is 0 Å². The van der Waals surface area contributed by atoms with Crippen LogP contribution in [0, 0.1) is 5.92 Å². The van der Waals surface area contributed by atoms with Crippen LogP contribution in [0.15, 0.2) is 28.1 Å². The van der Waals surface area contributed by atoms with Gasteiger partial charge in [-0.15, -0.1) is 0 Å². The number of carbonyl (C=O) groups excluding carboxylic acids is 2. The van der Waals surface area contributed by atoms with E-state index < -0.39 is 0 Å². The van der Waals surface area contributed by atoms with E-state index in [0.29, 0.717) is 24.5 Å². The number of carbonyl (C=O) groups is 2. The first-order valence-electron chi connectivity index (χ1n) is 8.54. The molecule has 2 atom stereocenters. The summed E-state index contributed by atoms with van der Waals surface area (Å²) in [6.07, 6.45) is 1.74. The van der Waals surface area contributed by atoms with Crippen LogP contribution >= 0.6 is 0 Å². The van der Waals surface area contributed by atoms with Crippen LogP contribution in [0.3, 0.4) is 0 Å². The lowest BCUT2D eigenvalue weighted by Crippen LogP contribution is -2.39. The number of likely N-dealkylation sites (tertiary alicyclic amines) is 2. The molecule has 0 spiro atoms. The summed E-state index contributed by atoms with van der Waals surface area (Å²) in [6.45, 7) is 2.26. The molecule has 3 aliphatic rings. The topological polar surface area (TPSA) is 84.2 Å². The number of rotatable bonds is 2. The molecule has 2 amide bonds. The number of fused-ring (bicyclic) bond motifs is 1. The minimum absolute atomic E-state index is 0.0774. The molecule has 8 heteroatoms. The fraction of sp³-hybridized carbons (Fsp3) is 0.529.